The van der Waals surface area contributed by atoms with Crippen LogP contribution >= 0.6 is 11.3 Å². The molecule has 1 saturated carbocycles. The fraction of sp³-hybridized carbons (Fsp3) is 0.429. The van der Waals surface area contributed by atoms with Gasteiger partial charge in [0.05, 0.1) is 32.9 Å². The molecule has 2 aromatic heterocycles. The predicted molar refractivity (Wildman–Crippen MR) is 117 cm³/mol. The van der Waals surface area contributed by atoms with Crippen molar-refractivity contribution in [2.45, 2.75) is 43.9 Å². The van der Waals surface area contributed by atoms with Gasteiger partial charge in [-0.3, -0.25) is 14.6 Å². The lowest BCUT2D eigenvalue weighted by atomic mass is 10.1. The highest BCUT2D eigenvalue weighted by atomic mass is 32.2. The summed E-state index contributed by atoms with van der Waals surface area (Å²) in [5.74, 6) is 0. The van der Waals surface area contributed by atoms with Crippen LogP contribution in [0.4, 0.5) is 5.69 Å². The Hall–Kier alpha value is -2.03. The van der Waals surface area contributed by atoms with Crippen LogP contribution in [0.15, 0.2) is 36.0 Å². The molecule has 29 heavy (non-hydrogen) atoms. The molecule has 1 unspecified atom stereocenters. The minimum atomic E-state index is -3.25. The van der Waals surface area contributed by atoms with Gasteiger partial charge in [-0.25, -0.2) is 13.4 Å². The quantitative estimate of drug-likeness (QED) is 0.670. The van der Waals surface area contributed by atoms with E-state index in [4.69, 9.17) is 0 Å². The Balaban J connectivity index is 1.31. The highest BCUT2D eigenvalue weighted by Crippen LogP contribution is 2.31. The zero-order chi connectivity index (χ0) is 20.0. The Kier molecular flexibility index (Phi) is 4.80. The van der Waals surface area contributed by atoms with Crippen LogP contribution in [0.1, 0.15) is 42.6 Å². The Labute approximate surface area is 175 Å². The van der Waals surface area contributed by atoms with Crippen LogP contribution in [-0.2, 0) is 22.9 Å². The normalized spacial score (nSPS) is 18.9. The second kappa shape index (κ2) is 7.34. The average Bonchev–Trinajstić information content (AvgIpc) is 3.50. The predicted octanol–water partition coefficient (Wildman–Crippen LogP) is 3.76. The molecule has 1 aliphatic heterocycles. The smallest absolute Gasteiger partial charge is 0.235 e. The second-order valence-corrected chi connectivity index (χ2v) is 10.8. The fourth-order valence-corrected chi connectivity index (χ4v) is 6.04. The van der Waals surface area contributed by atoms with E-state index < -0.39 is 10.0 Å². The summed E-state index contributed by atoms with van der Waals surface area (Å²) in [7, 11) is -3.25. The summed E-state index contributed by atoms with van der Waals surface area (Å²) < 4.78 is 28.4. The van der Waals surface area contributed by atoms with Gasteiger partial charge in [0.25, 0.3) is 0 Å². The first-order valence-electron chi connectivity index (χ1n) is 10.1. The van der Waals surface area contributed by atoms with Crippen molar-refractivity contribution in [1.29, 1.82) is 0 Å². The van der Waals surface area contributed by atoms with E-state index in [1.165, 1.54) is 10.3 Å². The maximum atomic E-state index is 12.2. The van der Waals surface area contributed by atoms with E-state index in [-0.39, 0.29) is 5.25 Å². The van der Waals surface area contributed by atoms with Gasteiger partial charge in [-0.05, 0) is 55.5 Å². The molecule has 0 radical (unpaired) electrons. The first-order chi connectivity index (χ1) is 14.0. The number of nitrogens with zero attached hydrogens (tertiary/aromatic N) is 3. The Morgan fingerprint density at radius 1 is 1.17 bits per heavy atom. The van der Waals surface area contributed by atoms with Crippen molar-refractivity contribution in [1.82, 2.24) is 14.9 Å². The third-order valence-corrected chi connectivity index (χ3v) is 8.65. The van der Waals surface area contributed by atoms with Gasteiger partial charge in [-0.15, -0.1) is 11.3 Å². The van der Waals surface area contributed by atoms with E-state index in [9.17, 15) is 8.42 Å². The van der Waals surface area contributed by atoms with Gasteiger partial charge in [-0.1, -0.05) is 6.07 Å². The van der Waals surface area contributed by atoms with E-state index in [0.717, 1.165) is 55.5 Å². The highest BCUT2D eigenvalue weighted by molar-refractivity contribution is 7.93. The minimum Gasteiger partial charge on any atom is -0.296 e. The SMILES string of the molecule is CC(c1ccc2scnc2c1)N1CCc2cc(NS(=O)(=O)C3CC3)cnc2CC1. The zero-order valence-corrected chi connectivity index (χ0v) is 18.0. The van der Waals surface area contributed by atoms with Gasteiger partial charge in [0, 0.05) is 31.2 Å². The van der Waals surface area contributed by atoms with E-state index in [2.05, 4.69) is 44.7 Å². The van der Waals surface area contributed by atoms with Crippen LogP contribution in [-0.4, -0.2) is 41.6 Å². The van der Waals surface area contributed by atoms with E-state index in [0.29, 0.717) is 11.7 Å². The summed E-state index contributed by atoms with van der Waals surface area (Å²) in [5, 5.41) is -0.229. The van der Waals surface area contributed by atoms with Crippen molar-refractivity contribution < 1.29 is 8.42 Å². The average molecular weight is 429 g/mol. The van der Waals surface area contributed by atoms with Crippen LogP contribution in [0, 0.1) is 0 Å². The zero-order valence-electron chi connectivity index (χ0n) is 16.3. The fourth-order valence-electron chi connectivity index (χ4n) is 4.02. The highest BCUT2D eigenvalue weighted by Gasteiger charge is 2.35. The Morgan fingerprint density at radius 2 is 2.00 bits per heavy atom. The molecule has 6 nitrogen and oxygen atoms in total. The van der Waals surface area contributed by atoms with Gasteiger partial charge >= 0.3 is 0 Å². The summed E-state index contributed by atoms with van der Waals surface area (Å²) in [5.41, 5.74) is 7.04. The summed E-state index contributed by atoms with van der Waals surface area (Å²) in [6, 6.07) is 8.82. The van der Waals surface area contributed by atoms with Gasteiger partial charge in [0.15, 0.2) is 0 Å². The van der Waals surface area contributed by atoms with Crippen LogP contribution in [0.5, 0.6) is 0 Å². The van der Waals surface area contributed by atoms with Crippen molar-refractivity contribution in [2.24, 2.45) is 0 Å². The number of fused-ring (bicyclic) bond motifs is 2. The van der Waals surface area contributed by atoms with Crippen molar-refractivity contribution >= 4 is 37.3 Å². The molecule has 0 amide bonds. The summed E-state index contributed by atoms with van der Waals surface area (Å²) >= 11 is 1.67. The molecule has 1 atom stereocenters. The number of hydrogen-bond donors (Lipinski definition) is 1. The number of pyridine rings is 1. The molecule has 5 rings (SSSR count). The van der Waals surface area contributed by atoms with Crippen molar-refractivity contribution in [2.75, 3.05) is 17.8 Å². The van der Waals surface area contributed by atoms with Crippen LogP contribution in [0.2, 0.25) is 0 Å². The molecule has 1 N–H and O–H groups in total. The van der Waals surface area contributed by atoms with E-state index in [1.807, 2.05) is 11.6 Å². The lowest BCUT2D eigenvalue weighted by Gasteiger charge is -2.27. The van der Waals surface area contributed by atoms with E-state index in [1.54, 1.807) is 17.5 Å². The number of aromatic nitrogens is 2. The molecule has 3 heterocycles. The third-order valence-electron chi connectivity index (χ3n) is 5.97. The molecule has 0 bridgehead atoms. The number of anilines is 1. The monoisotopic (exact) mass is 428 g/mol. The number of rotatable bonds is 5. The molecule has 0 spiro atoms. The molecule has 152 valence electrons. The number of nitrogens with one attached hydrogen (secondary N) is 1. The van der Waals surface area contributed by atoms with E-state index >= 15 is 0 Å². The molecule has 1 aliphatic carbocycles. The summed E-state index contributed by atoms with van der Waals surface area (Å²) in [6.07, 6.45) is 4.91. The van der Waals surface area contributed by atoms with Gasteiger partial charge in [0.2, 0.25) is 10.0 Å². The molecule has 0 saturated heterocycles. The van der Waals surface area contributed by atoms with Crippen molar-refractivity contribution in [3.63, 3.8) is 0 Å². The lowest BCUT2D eigenvalue weighted by molar-refractivity contribution is 0.221. The third kappa shape index (κ3) is 3.89. The van der Waals surface area contributed by atoms with Gasteiger partial charge < -0.3 is 0 Å². The molecule has 2 aliphatic rings. The molecule has 1 aromatic carbocycles. The number of benzene rings is 1. The molecule has 3 aromatic rings. The first-order valence-corrected chi connectivity index (χ1v) is 12.5. The Bertz CT molecular complexity index is 1150. The molecule has 8 heteroatoms. The van der Waals surface area contributed by atoms with Gasteiger partial charge in [0.1, 0.15) is 0 Å². The molecular formula is C21H24N4O2S2. The van der Waals surface area contributed by atoms with Gasteiger partial charge in [-0.2, -0.15) is 0 Å². The number of hydrogen-bond acceptors (Lipinski definition) is 6. The maximum Gasteiger partial charge on any atom is 0.235 e. The van der Waals surface area contributed by atoms with Crippen molar-refractivity contribution in [3.8, 4) is 0 Å². The standard InChI is InChI=1S/C21H24N4O2S2/c1-14(15-2-5-21-20(11-15)23-13-28-21)25-8-6-16-10-17(12-22-19(16)7-9-25)24-29(26,27)18-3-4-18/h2,5,10-14,18,24H,3-4,6-9H2,1H3. The molecule has 1 fully saturated rings. The summed E-state index contributed by atoms with van der Waals surface area (Å²) in [4.78, 5) is 11.5. The van der Waals surface area contributed by atoms with Crippen LogP contribution in [0.25, 0.3) is 10.2 Å². The Morgan fingerprint density at radius 3 is 2.83 bits per heavy atom. The number of thiazole rings is 1. The van der Waals surface area contributed by atoms with Crippen molar-refractivity contribution in [3.05, 3.63) is 52.8 Å². The largest absolute Gasteiger partial charge is 0.296 e. The maximum absolute atomic E-state index is 12.2. The summed E-state index contributed by atoms with van der Waals surface area (Å²) in [6.45, 7) is 4.10. The first kappa shape index (κ1) is 19.0. The van der Waals surface area contributed by atoms with Crippen LogP contribution < -0.4 is 4.72 Å². The number of sulfonamides is 1. The van der Waals surface area contributed by atoms with Crippen LogP contribution in [0.3, 0.4) is 0 Å². The topological polar surface area (TPSA) is 75.2 Å². The lowest BCUT2D eigenvalue weighted by Crippen LogP contribution is -2.29. The minimum absolute atomic E-state index is 0.229. The second-order valence-electron chi connectivity index (χ2n) is 7.97. The molecular weight excluding hydrogens is 404 g/mol.